The standard InChI is InChI=1S/C20H24N2O3S2/c1-5-16-8-6-7-13(2)20(16)21-27(24,25)17-9-10-19-18(11-17)22(15(4)23)12-14(3)26-19/h6-11,14,21H,5,12H2,1-4H3/t14-/m0/s1. The normalized spacial score (nSPS) is 16.7. The number of nitrogens with zero attached hydrogens (tertiary/aromatic N) is 1. The lowest BCUT2D eigenvalue weighted by atomic mass is 10.1. The highest BCUT2D eigenvalue weighted by Gasteiger charge is 2.27. The summed E-state index contributed by atoms with van der Waals surface area (Å²) < 4.78 is 28.8. The number of hydrogen-bond donors (Lipinski definition) is 1. The first-order valence-corrected chi connectivity index (χ1v) is 11.3. The molecule has 0 saturated heterocycles. The Morgan fingerprint density at radius 2 is 2.04 bits per heavy atom. The number of carbonyl (C=O) groups excluding carboxylic acids is 1. The highest BCUT2D eigenvalue weighted by Crippen LogP contribution is 2.40. The molecule has 0 fully saturated rings. The van der Waals surface area contributed by atoms with Crippen molar-refractivity contribution in [2.45, 2.75) is 49.2 Å². The number of fused-ring (bicyclic) bond motifs is 1. The molecule has 0 radical (unpaired) electrons. The van der Waals surface area contributed by atoms with Crippen LogP contribution in [0.5, 0.6) is 0 Å². The number of para-hydroxylation sites is 1. The Hall–Kier alpha value is -1.99. The maximum absolute atomic E-state index is 13.0. The highest BCUT2D eigenvalue weighted by molar-refractivity contribution is 8.00. The molecule has 0 spiro atoms. The summed E-state index contributed by atoms with van der Waals surface area (Å²) in [5.41, 5.74) is 3.12. The van der Waals surface area contributed by atoms with Crippen LogP contribution >= 0.6 is 11.8 Å². The van der Waals surface area contributed by atoms with Gasteiger partial charge in [0.05, 0.1) is 16.3 Å². The van der Waals surface area contributed by atoms with Gasteiger partial charge < -0.3 is 4.90 Å². The van der Waals surface area contributed by atoms with Crippen molar-refractivity contribution in [1.29, 1.82) is 0 Å². The lowest BCUT2D eigenvalue weighted by Crippen LogP contribution is -2.37. The van der Waals surface area contributed by atoms with E-state index in [1.165, 1.54) is 6.92 Å². The van der Waals surface area contributed by atoms with Gasteiger partial charge >= 0.3 is 0 Å². The third-order valence-electron chi connectivity index (χ3n) is 4.66. The fraction of sp³-hybridized carbons (Fsp3) is 0.350. The largest absolute Gasteiger partial charge is 0.310 e. The monoisotopic (exact) mass is 404 g/mol. The van der Waals surface area contributed by atoms with Crippen LogP contribution in [0, 0.1) is 6.92 Å². The molecule has 27 heavy (non-hydrogen) atoms. The molecule has 3 rings (SSSR count). The van der Waals surface area contributed by atoms with Gasteiger partial charge in [0.15, 0.2) is 0 Å². The van der Waals surface area contributed by atoms with Crippen LogP contribution in [0.2, 0.25) is 0 Å². The predicted octanol–water partition coefficient (Wildman–Crippen LogP) is 4.21. The molecule has 1 heterocycles. The Kier molecular flexibility index (Phi) is 5.53. The second kappa shape index (κ2) is 7.56. The zero-order valence-electron chi connectivity index (χ0n) is 15.9. The van der Waals surface area contributed by atoms with Crippen LogP contribution in [0.4, 0.5) is 11.4 Å². The molecule has 1 N–H and O–H groups in total. The van der Waals surface area contributed by atoms with Crippen LogP contribution in [-0.4, -0.2) is 26.1 Å². The van der Waals surface area contributed by atoms with E-state index in [2.05, 4.69) is 11.6 Å². The number of hydrogen-bond acceptors (Lipinski definition) is 4. The van der Waals surface area contributed by atoms with Gasteiger partial charge in [-0.05, 0) is 42.7 Å². The van der Waals surface area contributed by atoms with Crippen molar-refractivity contribution < 1.29 is 13.2 Å². The predicted molar refractivity (Wildman–Crippen MR) is 111 cm³/mol. The lowest BCUT2D eigenvalue weighted by Gasteiger charge is -2.32. The Morgan fingerprint density at radius 3 is 2.70 bits per heavy atom. The minimum absolute atomic E-state index is 0.0851. The molecule has 144 valence electrons. The molecule has 0 aromatic heterocycles. The summed E-state index contributed by atoms with van der Waals surface area (Å²) >= 11 is 1.66. The molecule has 0 aliphatic carbocycles. The van der Waals surface area contributed by atoms with Gasteiger partial charge in [-0.25, -0.2) is 8.42 Å². The van der Waals surface area contributed by atoms with Crippen molar-refractivity contribution in [3.8, 4) is 0 Å². The summed E-state index contributed by atoms with van der Waals surface area (Å²) in [6, 6.07) is 10.7. The maximum atomic E-state index is 13.0. The quantitative estimate of drug-likeness (QED) is 0.829. The molecule has 1 aliphatic rings. The number of nitrogens with one attached hydrogen (secondary N) is 1. The average molecular weight is 405 g/mol. The van der Waals surface area contributed by atoms with Gasteiger partial charge in [0.25, 0.3) is 10.0 Å². The van der Waals surface area contributed by atoms with E-state index < -0.39 is 10.0 Å². The topological polar surface area (TPSA) is 66.5 Å². The van der Waals surface area contributed by atoms with E-state index in [0.29, 0.717) is 17.9 Å². The van der Waals surface area contributed by atoms with E-state index >= 15 is 0 Å². The highest BCUT2D eigenvalue weighted by atomic mass is 32.2. The van der Waals surface area contributed by atoms with Gasteiger partial charge in [-0.15, -0.1) is 11.8 Å². The maximum Gasteiger partial charge on any atom is 0.261 e. The summed E-state index contributed by atoms with van der Waals surface area (Å²) in [4.78, 5) is 14.8. The molecule has 1 amide bonds. The third-order valence-corrected chi connectivity index (χ3v) is 7.15. The van der Waals surface area contributed by atoms with Crippen molar-refractivity contribution in [3.05, 3.63) is 47.5 Å². The molecule has 7 heteroatoms. The van der Waals surface area contributed by atoms with Gasteiger partial charge in [-0.3, -0.25) is 9.52 Å². The number of anilines is 2. The molecule has 0 bridgehead atoms. The van der Waals surface area contributed by atoms with Gasteiger partial charge in [0.2, 0.25) is 5.91 Å². The Bertz CT molecular complexity index is 987. The number of sulfonamides is 1. The second-order valence-electron chi connectivity index (χ2n) is 6.76. The van der Waals surface area contributed by atoms with Crippen molar-refractivity contribution in [2.75, 3.05) is 16.2 Å². The van der Waals surface area contributed by atoms with Crippen LogP contribution in [-0.2, 0) is 21.2 Å². The molecule has 0 unspecified atom stereocenters. The van der Waals surface area contributed by atoms with Crippen LogP contribution in [0.3, 0.4) is 0 Å². The SMILES string of the molecule is CCc1cccc(C)c1NS(=O)(=O)c1ccc2c(c1)N(C(C)=O)C[C@H](C)S2. The second-order valence-corrected chi connectivity index (χ2v) is 9.92. The molecule has 5 nitrogen and oxygen atoms in total. The molecular formula is C20H24N2O3S2. The van der Waals surface area contributed by atoms with Crippen molar-refractivity contribution >= 4 is 39.1 Å². The molecule has 2 aromatic carbocycles. The minimum Gasteiger partial charge on any atom is -0.310 e. The minimum atomic E-state index is -3.76. The number of aryl methyl sites for hydroxylation is 2. The third kappa shape index (κ3) is 3.99. The van der Waals surface area contributed by atoms with E-state index in [0.717, 1.165) is 22.4 Å². The first-order chi connectivity index (χ1) is 12.7. The fourth-order valence-electron chi connectivity index (χ4n) is 3.25. The van der Waals surface area contributed by atoms with E-state index in [1.54, 1.807) is 34.9 Å². The van der Waals surface area contributed by atoms with Crippen LogP contribution < -0.4 is 9.62 Å². The van der Waals surface area contributed by atoms with Crippen molar-refractivity contribution in [2.24, 2.45) is 0 Å². The number of carbonyl (C=O) groups is 1. The molecule has 1 aliphatic heterocycles. The van der Waals surface area contributed by atoms with Crippen molar-refractivity contribution in [3.63, 3.8) is 0 Å². The van der Waals surface area contributed by atoms with Crippen LogP contribution in [0.1, 0.15) is 31.9 Å². The first kappa shape index (κ1) is 19.8. The molecule has 0 saturated carbocycles. The first-order valence-electron chi connectivity index (χ1n) is 8.93. The van der Waals surface area contributed by atoms with E-state index in [4.69, 9.17) is 0 Å². The summed E-state index contributed by atoms with van der Waals surface area (Å²) in [5, 5.41) is 0.265. The van der Waals surface area contributed by atoms with E-state index in [-0.39, 0.29) is 16.1 Å². The smallest absolute Gasteiger partial charge is 0.261 e. The zero-order chi connectivity index (χ0) is 19.8. The van der Waals surface area contributed by atoms with Crippen LogP contribution in [0.15, 0.2) is 46.2 Å². The van der Waals surface area contributed by atoms with E-state index in [1.807, 2.05) is 32.0 Å². The molecule has 2 aromatic rings. The summed E-state index contributed by atoms with van der Waals surface area (Å²) in [6.07, 6.45) is 0.733. The number of thioether (sulfide) groups is 1. The lowest BCUT2D eigenvalue weighted by molar-refractivity contribution is -0.116. The average Bonchev–Trinajstić information content (AvgIpc) is 2.62. The molecular weight excluding hydrogens is 380 g/mol. The molecule has 1 atom stereocenters. The van der Waals surface area contributed by atoms with Gasteiger partial charge in [-0.1, -0.05) is 32.0 Å². The summed E-state index contributed by atoms with van der Waals surface area (Å²) in [6.45, 7) is 8.02. The number of benzene rings is 2. The van der Waals surface area contributed by atoms with Gasteiger partial charge in [0.1, 0.15) is 0 Å². The number of amides is 1. The number of rotatable bonds is 4. The van der Waals surface area contributed by atoms with E-state index in [9.17, 15) is 13.2 Å². The van der Waals surface area contributed by atoms with Gasteiger partial charge in [-0.2, -0.15) is 0 Å². The Balaban J connectivity index is 2.02. The van der Waals surface area contributed by atoms with Gasteiger partial charge in [0, 0.05) is 23.6 Å². The van der Waals surface area contributed by atoms with Crippen LogP contribution in [0.25, 0.3) is 0 Å². The Morgan fingerprint density at radius 1 is 1.30 bits per heavy atom. The summed E-state index contributed by atoms with van der Waals surface area (Å²) in [7, 11) is -3.76. The summed E-state index contributed by atoms with van der Waals surface area (Å²) in [5.74, 6) is -0.0851. The fourth-order valence-corrected chi connectivity index (χ4v) is 5.53. The Labute approximate surface area is 165 Å². The zero-order valence-corrected chi connectivity index (χ0v) is 17.6. The van der Waals surface area contributed by atoms with Crippen molar-refractivity contribution in [1.82, 2.24) is 0 Å².